The van der Waals surface area contributed by atoms with E-state index in [1.54, 1.807) is 24.3 Å². The van der Waals surface area contributed by atoms with Crippen LogP contribution in [-0.4, -0.2) is 17.9 Å². The zero-order chi connectivity index (χ0) is 16.9. The van der Waals surface area contributed by atoms with Crippen LogP contribution in [0.3, 0.4) is 0 Å². The van der Waals surface area contributed by atoms with Gasteiger partial charge in [-0.25, -0.2) is 0 Å². The second-order valence-electron chi connectivity index (χ2n) is 5.64. The zero-order valence-electron chi connectivity index (χ0n) is 13.1. The Balaban J connectivity index is 1.84. The third-order valence-corrected chi connectivity index (χ3v) is 3.99. The predicted molar refractivity (Wildman–Crippen MR) is 94.5 cm³/mol. The fourth-order valence-electron chi connectivity index (χ4n) is 2.74. The molecule has 0 heterocycles. The average molecular weight is 318 g/mol. The molecule has 1 atom stereocenters. The van der Waals surface area contributed by atoms with Crippen molar-refractivity contribution in [3.8, 4) is 0 Å². The minimum atomic E-state index is -0.761. The number of hydrogen-bond donors (Lipinski definition) is 2. The maximum atomic E-state index is 12.3. The SMILES string of the molecule is NC(=O)[C@H](Cc1cccc2ccccc12)NC(=O)c1ccccc1. The normalized spacial score (nSPS) is 11.8. The van der Waals surface area contributed by atoms with Crippen molar-refractivity contribution in [2.45, 2.75) is 12.5 Å². The molecule has 0 aromatic heterocycles. The van der Waals surface area contributed by atoms with Gasteiger partial charge in [-0.15, -0.1) is 0 Å². The number of rotatable bonds is 5. The lowest BCUT2D eigenvalue weighted by Crippen LogP contribution is -2.45. The van der Waals surface area contributed by atoms with E-state index in [0.29, 0.717) is 12.0 Å². The van der Waals surface area contributed by atoms with E-state index in [9.17, 15) is 9.59 Å². The van der Waals surface area contributed by atoms with Crippen molar-refractivity contribution in [1.82, 2.24) is 5.32 Å². The molecule has 0 spiro atoms. The summed E-state index contributed by atoms with van der Waals surface area (Å²) in [6, 6.07) is 21.9. The van der Waals surface area contributed by atoms with Crippen molar-refractivity contribution in [2.75, 3.05) is 0 Å². The maximum absolute atomic E-state index is 12.3. The molecule has 4 heteroatoms. The quantitative estimate of drug-likeness (QED) is 0.759. The number of nitrogens with two attached hydrogens (primary N) is 1. The fourth-order valence-corrected chi connectivity index (χ4v) is 2.74. The Morgan fingerprint density at radius 3 is 2.29 bits per heavy atom. The van der Waals surface area contributed by atoms with Crippen LogP contribution in [0, 0.1) is 0 Å². The van der Waals surface area contributed by atoms with Crippen LogP contribution in [0.1, 0.15) is 15.9 Å². The van der Waals surface area contributed by atoms with Crippen molar-refractivity contribution in [3.05, 3.63) is 83.9 Å². The molecule has 3 aromatic carbocycles. The van der Waals surface area contributed by atoms with Gasteiger partial charge in [-0.1, -0.05) is 60.7 Å². The minimum absolute atomic E-state index is 0.306. The van der Waals surface area contributed by atoms with Gasteiger partial charge in [0.2, 0.25) is 5.91 Å². The lowest BCUT2D eigenvalue weighted by Gasteiger charge is -2.17. The number of fused-ring (bicyclic) bond motifs is 1. The standard InChI is InChI=1S/C20H18N2O2/c21-19(23)18(22-20(24)15-8-2-1-3-9-15)13-16-11-6-10-14-7-4-5-12-17(14)16/h1-12,18H,13H2,(H2,21,23)(H,22,24)/t18-/m0/s1. The van der Waals surface area contributed by atoms with Gasteiger partial charge in [0, 0.05) is 12.0 Å². The Morgan fingerprint density at radius 2 is 1.54 bits per heavy atom. The van der Waals surface area contributed by atoms with Crippen molar-refractivity contribution in [3.63, 3.8) is 0 Å². The van der Waals surface area contributed by atoms with Crippen molar-refractivity contribution in [1.29, 1.82) is 0 Å². The van der Waals surface area contributed by atoms with Gasteiger partial charge < -0.3 is 11.1 Å². The second kappa shape index (κ2) is 6.96. The summed E-state index contributed by atoms with van der Waals surface area (Å²) in [5.41, 5.74) is 6.98. The molecule has 120 valence electrons. The van der Waals surface area contributed by atoms with E-state index in [4.69, 9.17) is 5.73 Å². The molecule has 3 N–H and O–H groups in total. The van der Waals surface area contributed by atoms with E-state index < -0.39 is 11.9 Å². The first-order chi connectivity index (χ1) is 11.6. The van der Waals surface area contributed by atoms with E-state index >= 15 is 0 Å². The van der Waals surface area contributed by atoms with Crippen LogP contribution in [0.4, 0.5) is 0 Å². The fraction of sp³-hybridized carbons (Fsp3) is 0.100. The highest BCUT2D eigenvalue weighted by Gasteiger charge is 2.20. The molecule has 2 amide bonds. The highest BCUT2D eigenvalue weighted by Crippen LogP contribution is 2.20. The van der Waals surface area contributed by atoms with E-state index in [2.05, 4.69) is 5.32 Å². The van der Waals surface area contributed by atoms with Crippen LogP contribution in [0.5, 0.6) is 0 Å². The molecule has 0 aliphatic rings. The first kappa shape index (κ1) is 15.7. The lowest BCUT2D eigenvalue weighted by atomic mass is 9.98. The van der Waals surface area contributed by atoms with Gasteiger partial charge in [0.1, 0.15) is 6.04 Å². The molecule has 0 bridgehead atoms. The molecule has 24 heavy (non-hydrogen) atoms. The molecular weight excluding hydrogens is 300 g/mol. The van der Waals surface area contributed by atoms with E-state index in [1.165, 1.54) is 0 Å². The van der Waals surface area contributed by atoms with E-state index in [1.807, 2.05) is 48.5 Å². The smallest absolute Gasteiger partial charge is 0.251 e. The van der Waals surface area contributed by atoms with E-state index in [0.717, 1.165) is 16.3 Å². The molecule has 4 nitrogen and oxygen atoms in total. The summed E-state index contributed by atoms with van der Waals surface area (Å²) in [6.45, 7) is 0. The lowest BCUT2D eigenvalue weighted by molar-refractivity contribution is -0.119. The summed E-state index contributed by atoms with van der Waals surface area (Å²) < 4.78 is 0. The summed E-state index contributed by atoms with van der Waals surface area (Å²) in [7, 11) is 0. The Morgan fingerprint density at radius 1 is 0.875 bits per heavy atom. The van der Waals surface area contributed by atoms with E-state index in [-0.39, 0.29) is 5.91 Å². The summed E-state index contributed by atoms with van der Waals surface area (Å²) in [6.07, 6.45) is 0.356. The van der Waals surface area contributed by atoms with Gasteiger partial charge in [0.25, 0.3) is 5.91 Å². The highest BCUT2D eigenvalue weighted by molar-refractivity contribution is 5.97. The third-order valence-electron chi connectivity index (χ3n) is 3.99. The molecular formula is C20H18N2O2. The van der Waals surface area contributed by atoms with Crippen LogP contribution in [-0.2, 0) is 11.2 Å². The summed E-state index contributed by atoms with van der Waals surface area (Å²) in [5, 5.41) is 4.88. The number of carbonyl (C=O) groups is 2. The zero-order valence-corrected chi connectivity index (χ0v) is 13.1. The van der Waals surface area contributed by atoms with Gasteiger partial charge in [-0.2, -0.15) is 0 Å². The van der Waals surface area contributed by atoms with Crippen molar-refractivity contribution >= 4 is 22.6 Å². The molecule has 0 aliphatic heterocycles. The first-order valence-electron chi connectivity index (χ1n) is 7.77. The molecule has 0 unspecified atom stereocenters. The number of benzene rings is 3. The van der Waals surface area contributed by atoms with Crippen LogP contribution >= 0.6 is 0 Å². The second-order valence-corrected chi connectivity index (χ2v) is 5.64. The number of primary amides is 1. The molecule has 3 aromatic rings. The molecule has 0 fully saturated rings. The highest BCUT2D eigenvalue weighted by atomic mass is 16.2. The Labute approximate surface area is 140 Å². The molecule has 0 saturated heterocycles. The third kappa shape index (κ3) is 3.43. The van der Waals surface area contributed by atoms with Crippen LogP contribution in [0.2, 0.25) is 0 Å². The topological polar surface area (TPSA) is 72.2 Å². The van der Waals surface area contributed by atoms with Gasteiger partial charge in [-0.3, -0.25) is 9.59 Å². The Bertz CT molecular complexity index is 870. The maximum Gasteiger partial charge on any atom is 0.251 e. The molecule has 0 saturated carbocycles. The Kier molecular flexibility index (Phi) is 4.57. The Hall–Kier alpha value is -3.14. The molecule has 3 rings (SSSR count). The number of amides is 2. The number of carbonyl (C=O) groups excluding carboxylic acids is 2. The van der Waals surface area contributed by atoms with Crippen LogP contribution in [0.25, 0.3) is 10.8 Å². The number of nitrogens with one attached hydrogen (secondary N) is 1. The molecule has 0 radical (unpaired) electrons. The van der Waals surface area contributed by atoms with Crippen LogP contribution < -0.4 is 11.1 Å². The van der Waals surface area contributed by atoms with Gasteiger partial charge in [0.15, 0.2) is 0 Å². The monoisotopic (exact) mass is 318 g/mol. The molecule has 0 aliphatic carbocycles. The summed E-state index contributed by atoms with van der Waals surface area (Å²) in [4.78, 5) is 24.1. The average Bonchev–Trinajstić information content (AvgIpc) is 2.62. The number of hydrogen-bond acceptors (Lipinski definition) is 2. The van der Waals surface area contributed by atoms with Crippen LogP contribution in [0.15, 0.2) is 72.8 Å². The first-order valence-corrected chi connectivity index (χ1v) is 7.77. The predicted octanol–water partition coefficient (Wildman–Crippen LogP) is 2.67. The van der Waals surface area contributed by atoms with Gasteiger partial charge >= 0.3 is 0 Å². The van der Waals surface area contributed by atoms with Crippen molar-refractivity contribution in [2.24, 2.45) is 5.73 Å². The largest absolute Gasteiger partial charge is 0.368 e. The van der Waals surface area contributed by atoms with Crippen molar-refractivity contribution < 1.29 is 9.59 Å². The van der Waals surface area contributed by atoms with Gasteiger partial charge in [-0.05, 0) is 28.5 Å². The summed E-state index contributed by atoms with van der Waals surface area (Å²) >= 11 is 0. The van der Waals surface area contributed by atoms with Gasteiger partial charge in [0.05, 0.1) is 0 Å². The minimum Gasteiger partial charge on any atom is -0.368 e. The summed E-state index contributed by atoms with van der Waals surface area (Å²) in [5.74, 6) is -0.855.